The van der Waals surface area contributed by atoms with E-state index in [1.54, 1.807) is 13.8 Å². The van der Waals surface area contributed by atoms with Crippen molar-refractivity contribution in [3.8, 4) is 5.75 Å². The van der Waals surface area contributed by atoms with Gasteiger partial charge in [0.1, 0.15) is 11.6 Å². The Bertz CT molecular complexity index is 1100. The summed E-state index contributed by atoms with van der Waals surface area (Å²) >= 11 is 0. The van der Waals surface area contributed by atoms with Crippen molar-refractivity contribution >= 4 is 5.97 Å². The summed E-state index contributed by atoms with van der Waals surface area (Å²) in [6.45, 7) is 6.31. The van der Waals surface area contributed by atoms with E-state index in [2.05, 4.69) is 35.9 Å². The highest BCUT2D eigenvalue weighted by Crippen LogP contribution is 2.20. The van der Waals surface area contributed by atoms with Crippen LogP contribution in [-0.2, 0) is 30.6 Å². The number of ether oxygens (including phenoxy) is 1. The first-order valence-electron chi connectivity index (χ1n) is 13.4. The second kappa shape index (κ2) is 13.9. The molecule has 2 N–H and O–H groups in total. The van der Waals surface area contributed by atoms with Crippen LogP contribution in [0.5, 0.6) is 5.75 Å². The van der Waals surface area contributed by atoms with Crippen LogP contribution in [0.2, 0.25) is 0 Å². The minimum absolute atomic E-state index is 0.270. The highest BCUT2D eigenvalue weighted by Gasteiger charge is 2.29. The summed E-state index contributed by atoms with van der Waals surface area (Å²) in [5.41, 5.74) is 2.37. The van der Waals surface area contributed by atoms with Gasteiger partial charge in [0.15, 0.2) is 11.4 Å². The summed E-state index contributed by atoms with van der Waals surface area (Å²) < 4.78 is 7.68. The number of benzene rings is 2. The molecular weight excluding hydrogens is 466 g/mol. The number of carboxylic acid groups (broad SMARTS) is 1. The van der Waals surface area contributed by atoms with Gasteiger partial charge in [0.05, 0.1) is 0 Å². The van der Waals surface area contributed by atoms with Crippen molar-refractivity contribution in [2.75, 3.05) is 6.61 Å². The Kier molecular flexibility index (Phi) is 10.7. The third kappa shape index (κ3) is 9.32. The summed E-state index contributed by atoms with van der Waals surface area (Å²) in [5, 5.41) is 23.1. The molecule has 0 aliphatic heterocycles. The minimum Gasteiger partial charge on any atom is -0.478 e. The van der Waals surface area contributed by atoms with E-state index in [0.717, 1.165) is 76.0 Å². The van der Waals surface area contributed by atoms with E-state index in [1.807, 2.05) is 24.3 Å². The lowest BCUT2D eigenvalue weighted by atomic mass is 10.1. The van der Waals surface area contributed by atoms with Crippen LogP contribution in [0.4, 0.5) is 0 Å². The molecule has 3 aromatic rings. The van der Waals surface area contributed by atoms with Gasteiger partial charge in [-0.3, -0.25) is 0 Å². The number of aliphatic hydroxyl groups is 1. The van der Waals surface area contributed by atoms with Crippen LogP contribution < -0.4 is 4.74 Å². The standard InChI is InChI=1S/C30H41N3O4/c1-23-12-14-25(15-13-23)22-27-31-28(33(32-27)20-7-5-4-6-8-21-34)11-9-10-24-16-18-26(19-17-24)37-30(2,3)29(35)36/h12-19,34H,4-11,20-22H2,1-3H3,(H,35,36). The highest BCUT2D eigenvalue weighted by molar-refractivity contribution is 5.76. The molecule has 7 heteroatoms. The third-order valence-corrected chi connectivity index (χ3v) is 6.48. The number of aliphatic hydroxyl groups excluding tert-OH is 1. The third-order valence-electron chi connectivity index (χ3n) is 6.48. The fourth-order valence-electron chi connectivity index (χ4n) is 4.17. The minimum atomic E-state index is -1.26. The predicted octanol–water partition coefficient (Wildman–Crippen LogP) is 5.54. The Morgan fingerprint density at radius 1 is 0.892 bits per heavy atom. The monoisotopic (exact) mass is 507 g/mol. The lowest BCUT2D eigenvalue weighted by molar-refractivity contribution is -0.152. The van der Waals surface area contributed by atoms with Gasteiger partial charge in [0.25, 0.3) is 0 Å². The van der Waals surface area contributed by atoms with Crippen molar-refractivity contribution in [1.29, 1.82) is 0 Å². The molecule has 0 amide bonds. The van der Waals surface area contributed by atoms with Crippen LogP contribution in [-0.4, -0.2) is 43.2 Å². The molecular formula is C30H41N3O4. The van der Waals surface area contributed by atoms with Gasteiger partial charge >= 0.3 is 5.97 Å². The van der Waals surface area contributed by atoms with Crippen LogP contribution in [0.25, 0.3) is 0 Å². The summed E-state index contributed by atoms with van der Waals surface area (Å²) in [7, 11) is 0. The van der Waals surface area contributed by atoms with Gasteiger partial charge in [-0.2, -0.15) is 5.10 Å². The Morgan fingerprint density at radius 2 is 1.54 bits per heavy atom. The van der Waals surface area contributed by atoms with E-state index in [-0.39, 0.29) is 6.61 Å². The van der Waals surface area contributed by atoms with E-state index in [0.29, 0.717) is 5.75 Å². The second-order valence-corrected chi connectivity index (χ2v) is 10.2. The molecule has 1 heterocycles. The maximum absolute atomic E-state index is 11.3. The van der Waals surface area contributed by atoms with Crippen molar-refractivity contribution < 1.29 is 19.7 Å². The fourth-order valence-corrected chi connectivity index (χ4v) is 4.17. The molecule has 37 heavy (non-hydrogen) atoms. The molecule has 0 spiro atoms. The average molecular weight is 508 g/mol. The van der Waals surface area contributed by atoms with Gasteiger partial charge in [-0.05, 0) is 69.7 Å². The number of aliphatic carboxylic acids is 1. The number of hydrogen-bond donors (Lipinski definition) is 2. The van der Waals surface area contributed by atoms with Crippen molar-refractivity contribution in [3.63, 3.8) is 0 Å². The molecule has 0 fully saturated rings. The zero-order chi connectivity index (χ0) is 26.7. The molecule has 2 aromatic carbocycles. The molecule has 0 radical (unpaired) electrons. The van der Waals surface area contributed by atoms with Gasteiger partial charge in [0, 0.05) is 26.0 Å². The Labute approximate surface area is 220 Å². The maximum atomic E-state index is 11.3. The normalized spacial score (nSPS) is 11.6. The molecule has 7 nitrogen and oxygen atoms in total. The molecule has 0 aliphatic carbocycles. The number of aryl methyl sites for hydroxylation is 4. The van der Waals surface area contributed by atoms with Crippen LogP contribution in [0.3, 0.4) is 0 Å². The highest BCUT2D eigenvalue weighted by atomic mass is 16.5. The SMILES string of the molecule is Cc1ccc(Cc2nc(CCCc3ccc(OC(C)(C)C(=O)O)cc3)n(CCCCCCCO)n2)cc1. The molecule has 0 aliphatic rings. The van der Waals surface area contributed by atoms with Crippen molar-refractivity contribution in [2.24, 2.45) is 0 Å². The Hall–Kier alpha value is -3.19. The summed E-state index contributed by atoms with van der Waals surface area (Å²) in [6, 6.07) is 16.2. The zero-order valence-electron chi connectivity index (χ0n) is 22.4. The van der Waals surface area contributed by atoms with E-state index in [1.165, 1.54) is 16.7 Å². The molecule has 1 aromatic heterocycles. The van der Waals surface area contributed by atoms with Crippen molar-refractivity contribution in [1.82, 2.24) is 14.8 Å². The first-order chi connectivity index (χ1) is 17.8. The van der Waals surface area contributed by atoms with Crippen molar-refractivity contribution in [3.05, 3.63) is 76.9 Å². The molecule has 0 atom stereocenters. The molecule has 3 rings (SSSR count). The molecule has 0 saturated heterocycles. The number of rotatable bonds is 16. The molecule has 200 valence electrons. The van der Waals surface area contributed by atoms with Gasteiger partial charge < -0.3 is 14.9 Å². The summed E-state index contributed by atoms with van der Waals surface area (Å²) in [4.78, 5) is 16.2. The zero-order valence-corrected chi connectivity index (χ0v) is 22.4. The summed E-state index contributed by atoms with van der Waals surface area (Å²) in [5.74, 6) is 1.45. The number of unbranched alkanes of at least 4 members (excludes halogenated alkanes) is 4. The van der Waals surface area contributed by atoms with Gasteiger partial charge in [-0.1, -0.05) is 61.2 Å². The largest absolute Gasteiger partial charge is 0.478 e. The van der Waals surface area contributed by atoms with E-state index < -0.39 is 11.6 Å². The van der Waals surface area contributed by atoms with Crippen LogP contribution in [0, 0.1) is 6.92 Å². The number of nitrogens with zero attached hydrogens (tertiary/aromatic N) is 3. The van der Waals surface area contributed by atoms with E-state index in [9.17, 15) is 9.90 Å². The predicted molar refractivity (Wildman–Crippen MR) is 145 cm³/mol. The molecule has 0 unspecified atom stereocenters. The lowest BCUT2D eigenvalue weighted by Gasteiger charge is -2.21. The van der Waals surface area contributed by atoms with Crippen molar-refractivity contribution in [2.45, 2.75) is 90.7 Å². The smallest absolute Gasteiger partial charge is 0.347 e. The molecule has 0 bridgehead atoms. The van der Waals surface area contributed by atoms with E-state index >= 15 is 0 Å². The first-order valence-corrected chi connectivity index (χ1v) is 13.4. The molecule has 0 saturated carbocycles. The van der Waals surface area contributed by atoms with Crippen LogP contribution >= 0.6 is 0 Å². The fraction of sp³-hybridized carbons (Fsp3) is 0.500. The van der Waals surface area contributed by atoms with E-state index in [4.69, 9.17) is 19.9 Å². The van der Waals surface area contributed by atoms with Crippen LogP contribution in [0.1, 0.15) is 80.7 Å². The summed E-state index contributed by atoms with van der Waals surface area (Å²) in [6.07, 6.45) is 8.66. The maximum Gasteiger partial charge on any atom is 0.347 e. The number of carboxylic acids is 1. The number of carbonyl (C=O) groups is 1. The number of aromatic nitrogens is 3. The Balaban J connectivity index is 1.58. The van der Waals surface area contributed by atoms with Gasteiger partial charge in [-0.25, -0.2) is 14.5 Å². The van der Waals surface area contributed by atoms with Crippen LogP contribution in [0.15, 0.2) is 48.5 Å². The number of hydrogen-bond acceptors (Lipinski definition) is 5. The van der Waals surface area contributed by atoms with Gasteiger partial charge in [0.2, 0.25) is 0 Å². The average Bonchev–Trinajstić information content (AvgIpc) is 3.24. The van der Waals surface area contributed by atoms with Gasteiger partial charge in [-0.15, -0.1) is 0 Å². The lowest BCUT2D eigenvalue weighted by Crippen LogP contribution is -2.37. The Morgan fingerprint density at radius 3 is 2.22 bits per heavy atom. The quantitative estimate of drug-likeness (QED) is 0.247. The second-order valence-electron chi connectivity index (χ2n) is 10.2. The topological polar surface area (TPSA) is 97.5 Å². The first kappa shape index (κ1) is 28.4.